The first-order valence-corrected chi connectivity index (χ1v) is 9.77. The SMILES string of the molecule is CCOc1ccc(C(=O)NC(C)COC)cc1COc1ccc2ccccc2c1. The molecule has 0 spiro atoms. The lowest BCUT2D eigenvalue weighted by Gasteiger charge is -2.15. The van der Waals surface area contributed by atoms with E-state index < -0.39 is 0 Å². The predicted molar refractivity (Wildman–Crippen MR) is 115 cm³/mol. The van der Waals surface area contributed by atoms with Crippen LogP contribution in [0.2, 0.25) is 0 Å². The minimum Gasteiger partial charge on any atom is -0.493 e. The Hall–Kier alpha value is -3.05. The smallest absolute Gasteiger partial charge is 0.251 e. The van der Waals surface area contributed by atoms with E-state index in [2.05, 4.69) is 17.4 Å². The van der Waals surface area contributed by atoms with Crippen LogP contribution in [0.3, 0.4) is 0 Å². The van der Waals surface area contributed by atoms with E-state index in [-0.39, 0.29) is 11.9 Å². The summed E-state index contributed by atoms with van der Waals surface area (Å²) in [4.78, 5) is 12.5. The lowest BCUT2D eigenvalue weighted by Crippen LogP contribution is -2.35. The van der Waals surface area contributed by atoms with E-state index in [1.165, 1.54) is 5.39 Å². The van der Waals surface area contributed by atoms with E-state index in [0.29, 0.717) is 25.4 Å². The van der Waals surface area contributed by atoms with Gasteiger partial charge in [-0.05, 0) is 55.0 Å². The quantitative estimate of drug-likeness (QED) is 0.578. The van der Waals surface area contributed by atoms with Crippen molar-refractivity contribution in [1.82, 2.24) is 5.32 Å². The van der Waals surface area contributed by atoms with Gasteiger partial charge in [0.1, 0.15) is 18.1 Å². The maximum absolute atomic E-state index is 12.5. The average Bonchev–Trinajstić information content (AvgIpc) is 2.73. The van der Waals surface area contributed by atoms with Gasteiger partial charge >= 0.3 is 0 Å². The number of ether oxygens (including phenoxy) is 3. The summed E-state index contributed by atoms with van der Waals surface area (Å²) in [7, 11) is 1.61. The molecule has 29 heavy (non-hydrogen) atoms. The third-order valence-corrected chi connectivity index (χ3v) is 4.53. The summed E-state index contributed by atoms with van der Waals surface area (Å²) in [6.45, 7) is 5.14. The highest BCUT2D eigenvalue weighted by atomic mass is 16.5. The lowest BCUT2D eigenvalue weighted by atomic mass is 10.1. The molecular formula is C24H27NO4. The van der Waals surface area contributed by atoms with Crippen molar-refractivity contribution in [1.29, 1.82) is 0 Å². The van der Waals surface area contributed by atoms with Crippen LogP contribution in [-0.4, -0.2) is 32.3 Å². The molecule has 1 N–H and O–H groups in total. The molecule has 0 heterocycles. The number of benzene rings is 3. The van der Waals surface area contributed by atoms with Crippen molar-refractivity contribution >= 4 is 16.7 Å². The van der Waals surface area contributed by atoms with Crippen molar-refractivity contribution < 1.29 is 19.0 Å². The topological polar surface area (TPSA) is 56.8 Å². The molecule has 1 amide bonds. The minimum absolute atomic E-state index is 0.0728. The molecule has 3 rings (SSSR count). The number of rotatable bonds is 9. The second-order valence-electron chi connectivity index (χ2n) is 6.88. The fraction of sp³-hybridized carbons (Fsp3) is 0.292. The van der Waals surface area contributed by atoms with Crippen LogP contribution in [0.25, 0.3) is 10.8 Å². The van der Waals surface area contributed by atoms with Crippen molar-refractivity contribution in [2.45, 2.75) is 26.5 Å². The Balaban J connectivity index is 1.77. The summed E-state index contributed by atoms with van der Waals surface area (Å²) in [6.07, 6.45) is 0. The number of hydrogen-bond acceptors (Lipinski definition) is 4. The zero-order valence-corrected chi connectivity index (χ0v) is 17.1. The summed E-state index contributed by atoms with van der Waals surface area (Å²) < 4.78 is 16.8. The number of methoxy groups -OCH3 is 1. The van der Waals surface area contributed by atoms with E-state index in [4.69, 9.17) is 14.2 Å². The van der Waals surface area contributed by atoms with E-state index in [1.807, 2.05) is 56.3 Å². The molecule has 3 aromatic rings. The lowest BCUT2D eigenvalue weighted by molar-refractivity contribution is 0.0905. The van der Waals surface area contributed by atoms with E-state index in [9.17, 15) is 4.79 Å². The maximum Gasteiger partial charge on any atom is 0.251 e. The van der Waals surface area contributed by atoms with Crippen molar-refractivity contribution in [2.75, 3.05) is 20.3 Å². The van der Waals surface area contributed by atoms with Gasteiger partial charge in [-0.1, -0.05) is 30.3 Å². The Bertz CT molecular complexity index is 970. The van der Waals surface area contributed by atoms with Crippen LogP contribution in [0, 0.1) is 0 Å². The largest absolute Gasteiger partial charge is 0.493 e. The fourth-order valence-corrected chi connectivity index (χ4v) is 3.15. The molecule has 1 atom stereocenters. The molecule has 0 fully saturated rings. The standard InChI is InChI=1S/C24H27NO4/c1-4-28-23-12-10-20(24(26)25-17(2)15-27-3)13-21(23)16-29-22-11-9-18-7-5-6-8-19(18)14-22/h5-14,17H,4,15-16H2,1-3H3,(H,25,26). The monoisotopic (exact) mass is 393 g/mol. The zero-order chi connectivity index (χ0) is 20.6. The second kappa shape index (κ2) is 9.94. The molecule has 0 aliphatic carbocycles. The van der Waals surface area contributed by atoms with Crippen molar-refractivity contribution in [3.05, 3.63) is 71.8 Å². The Morgan fingerprint density at radius 2 is 1.79 bits per heavy atom. The summed E-state index contributed by atoms with van der Waals surface area (Å²) >= 11 is 0. The van der Waals surface area contributed by atoms with Crippen molar-refractivity contribution in [3.8, 4) is 11.5 Å². The van der Waals surface area contributed by atoms with Gasteiger partial charge in [0.2, 0.25) is 0 Å². The van der Waals surface area contributed by atoms with Crippen LogP contribution < -0.4 is 14.8 Å². The van der Waals surface area contributed by atoms with Crippen LogP contribution >= 0.6 is 0 Å². The van der Waals surface area contributed by atoms with Crippen molar-refractivity contribution in [3.63, 3.8) is 0 Å². The first kappa shape index (κ1) is 20.7. The molecule has 0 saturated carbocycles. The molecule has 0 aromatic heterocycles. The molecule has 1 unspecified atom stereocenters. The second-order valence-corrected chi connectivity index (χ2v) is 6.88. The van der Waals surface area contributed by atoms with Gasteiger partial charge < -0.3 is 19.5 Å². The molecule has 152 valence electrons. The van der Waals surface area contributed by atoms with Gasteiger partial charge in [-0.3, -0.25) is 4.79 Å². The van der Waals surface area contributed by atoms with Gasteiger partial charge in [0.25, 0.3) is 5.91 Å². The summed E-state index contributed by atoms with van der Waals surface area (Å²) in [5, 5.41) is 5.21. The Labute approximate surface area is 171 Å². The van der Waals surface area contributed by atoms with Gasteiger partial charge in [-0.15, -0.1) is 0 Å². The molecule has 0 aliphatic heterocycles. The third-order valence-electron chi connectivity index (χ3n) is 4.53. The molecule has 0 saturated heterocycles. The zero-order valence-electron chi connectivity index (χ0n) is 17.1. The van der Waals surface area contributed by atoms with Gasteiger partial charge in [0.15, 0.2) is 0 Å². The fourth-order valence-electron chi connectivity index (χ4n) is 3.15. The summed E-state index contributed by atoms with van der Waals surface area (Å²) in [5.74, 6) is 1.34. The number of carbonyl (C=O) groups excluding carboxylic acids is 1. The number of carbonyl (C=O) groups is 1. The highest BCUT2D eigenvalue weighted by Gasteiger charge is 2.13. The molecule has 5 heteroatoms. The van der Waals surface area contributed by atoms with Crippen LogP contribution in [0.1, 0.15) is 29.8 Å². The first-order chi connectivity index (χ1) is 14.1. The van der Waals surface area contributed by atoms with E-state index in [1.54, 1.807) is 13.2 Å². The number of fused-ring (bicyclic) bond motifs is 1. The molecule has 0 aliphatic rings. The molecule has 3 aromatic carbocycles. The first-order valence-electron chi connectivity index (χ1n) is 9.77. The van der Waals surface area contributed by atoms with Gasteiger partial charge in [-0.25, -0.2) is 0 Å². The Morgan fingerprint density at radius 3 is 2.55 bits per heavy atom. The number of nitrogens with one attached hydrogen (secondary N) is 1. The molecule has 0 bridgehead atoms. The Kier molecular flexibility index (Phi) is 7.09. The Morgan fingerprint density at radius 1 is 1.00 bits per heavy atom. The number of amides is 1. The minimum atomic E-state index is -0.149. The highest BCUT2D eigenvalue weighted by Crippen LogP contribution is 2.25. The summed E-state index contributed by atoms with van der Waals surface area (Å²) in [6, 6.07) is 19.5. The molecular weight excluding hydrogens is 366 g/mol. The normalized spacial score (nSPS) is 11.8. The molecule has 5 nitrogen and oxygen atoms in total. The van der Waals surface area contributed by atoms with Crippen LogP contribution in [0.4, 0.5) is 0 Å². The number of hydrogen-bond donors (Lipinski definition) is 1. The van der Waals surface area contributed by atoms with Crippen molar-refractivity contribution in [2.24, 2.45) is 0 Å². The van der Waals surface area contributed by atoms with Gasteiger partial charge in [-0.2, -0.15) is 0 Å². The van der Waals surface area contributed by atoms with Gasteiger partial charge in [0, 0.05) is 24.3 Å². The summed E-state index contributed by atoms with van der Waals surface area (Å²) in [5.41, 5.74) is 1.39. The maximum atomic E-state index is 12.5. The third kappa shape index (κ3) is 5.48. The van der Waals surface area contributed by atoms with E-state index in [0.717, 1.165) is 22.4 Å². The average molecular weight is 393 g/mol. The molecule has 0 radical (unpaired) electrons. The van der Waals surface area contributed by atoms with E-state index >= 15 is 0 Å². The highest BCUT2D eigenvalue weighted by molar-refractivity contribution is 5.94. The van der Waals surface area contributed by atoms with Gasteiger partial charge in [0.05, 0.1) is 13.2 Å². The van der Waals surface area contributed by atoms with Crippen LogP contribution in [0.5, 0.6) is 11.5 Å². The van der Waals surface area contributed by atoms with Crippen LogP contribution in [-0.2, 0) is 11.3 Å². The van der Waals surface area contributed by atoms with Crippen LogP contribution in [0.15, 0.2) is 60.7 Å². The predicted octanol–water partition coefficient (Wildman–Crippen LogP) is 4.58.